The number of hydrogen-bond donors (Lipinski definition) is 3. The van der Waals surface area contributed by atoms with Gasteiger partial charge in [0.2, 0.25) is 0 Å². The Morgan fingerprint density at radius 2 is 2.35 bits per heavy atom. The average molecular weight is 303 g/mol. The van der Waals surface area contributed by atoms with Crippen LogP contribution in [0, 0.1) is 0 Å². The fourth-order valence-corrected chi connectivity index (χ4v) is 1.87. The lowest BCUT2D eigenvalue weighted by Crippen LogP contribution is -2.40. The number of aliphatic carboxylic acids is 1. The van der Waals surface area contributed by atoms with E-state index in [4.69, 9.17) is 15.6 Å². The monoisotopic (exact) mass is 302 g/mol. The van der Waals surface area contributed by atoms with Crippen LogP contribution in [0.15, 0.2) is 22.7 Å². The van der Waals surface area contributed by atoms with Crippen molar-refractivity contribution >= 4 is 21.9 Å². The third kappa shape index (κ3) is 4.33. The van der Waals surface area contributed by atoms with E-state index in [2.05, 4.69) is 21.2 Å². The molecule has 4 N–H and O–H groups in total. The summed E-state index contributed by atoms with van der Waals surface area (Å²) in [4.78, 5) is 10.5. The summed E-state index contributed by atoms with van der Waals surface area (Å²) in [5.41, 5.74) is 6.39. The predicted molar refractivity (Wildman–Crippen MR) is 68.0 cm³/mol. The summed E-state index contributed by atoms with van der Waals surface area (Å²) in [6, 6.07) is 4.79. The van der Waals surface area contributed by atoms with Gasteiger partial charge < -0.3 is 20.9 Å². The smallest absolute Gasteiger partial charge is 0.321 e. The van der Waals surface area contributed by atoms with Gasteiger partial charge in [0.05, 0.1) is 11.6 Å². The second-order valence-corrected chi connectivity index (χ2v) is 4.40. The lowest BCUT2D eigenvalue weighted by molar-refractivity contribution is -0.138. The maximum absolute atomic E-state index is 10.5. The molecule has 0 fully saturated rings. The number of ether oxygens (including phenoxy) is 1. The zero-order valence-corrected chi connectivity index (χ0v) is 11.0. The molecule has 1 unspecified atom stereocenters. The number of rotatable bonds is 6. The van der Waals surface area contributed by atoms with Crippen molar-refractivity contribution in [2.75, 3.05) is 13.7 Å². The maximum Gasteiger partial charge on any atom is 0.321 e. The molecule has 5 nitrogen and oxygen atoms in total. The molecular formula is C11H15BrN2O3. The Morgan fingerprint density at radius 1 is 1.65 bits per heavy atom. The third-order valence-electron chi connectivity index (χ3n) is 2.23. The number of carboxylic acids is 1. The van der Waals surface area contributed by atoms with Crippen LogP contribution in [-0.2, 0) is 11.3 Å². The number of carbonyl (C=O) groups is 1. The van der Waals surface area contributed by atoms with Crippen LogP contribution < -0.4 is 15.8 Å². The molecule has 0 spiro atoms. The van der Waals surface area contributed by atoms with E-state index in [9.17, 15) is 4.79 Å². The van der Waals surface area contributed by atoms with Crippen molar-refractivity contribution in [3.63, 3.8) is 0 Å². The molecule has 0 amide bonds. The molecule has 0 saturated carbocycles. The summed E-state index contributed by atoms with van der Waals surface area (Å²) in [7, 11) is 1.60. The molecule has 17 heavy (non-hydrogen) atoms. The first-order valence-corrected chi connectivity index (χ1v) is 5.85. The van der Waals surface area contributed by atoms with Gasteiger partial charge in [0, 0.05) is 13.1 Å². The van der Waals surface area contributed by atoms with Gasteiger partial charge in [0.15, 0.2) is 0 Å². The molecule has 0 aromatic heterocycles. The Morgan fingerprint density at radius 3 is 2.88 bits per heavy atom. The SMILES string of the molecule is COc1ccc(CNCC(N)C(=O)O)cc1Br. The number of halogens is 1. The first-order valence-electron chi connectivity index (χ1n) is 5.06. The van der Waals surface area contributed by atoms with E-state index in [1.807, 2.05) is 18.2 Å². The van der Waals surface area contributed by atoms with Crippen molar-refractivity contribution in [3.05, 3.63) is 28.2 Å². The molecule has 0 saturated heterocycles. The van der Waals surface area contributed by atoms with Crippen LogP contribution in [0.4, 0.5) is 0 Å². The fourth-order valence-electron chi connectivity index (χ4n) is 1.28. The Labute approximate surface area is 108 Å². The van der Waals surface area contributed by atoms with Crippen LogP contribution >= 0.6 is 15.9 Å². The highest BCUT2D eigenvalue weighted by Gasteiger charge is 2.10. The fraction of sp³-hybridized carbons (Fsp3) is 0.364. The highest BCUT2D eigenvalue weighted by atomic mass is 79.9. The van der Waals surface area contributed by atoms with Gasteiger partial charge in [0.25, 0.3) is 0 Å². The topological polar surface area (TPSA) is 84.6 Å². The molecular weight excluding hydrogens is 288 g/mol. The quantitative estimate of drug-likeness (QED) is 0.729. The van der Waals surface area contributed by atoms with Gasteiger partial charge >= 0.3 is 5.97 Å². The number of nitrogens with one attached hydrogen (secondary N) is 1. The minimum Gasteiger partial charge on any atom is -0.496 e. The first-order chi connectivity index (χ1) is 8.04. The summed E-state index contributed by atoms with van der Waals surface area (Å²) in [5.74, 6) is -0.246. The highest BCUT2D eigenvalue weighted by Crippen LogP contribution is 2.25. The summed E-state index contributed by atoms with van der Waals surface area (Å²) in [6.07, 6.45) is 0. The van der Waals surface area contributed by atoms with Gasteiger partial charge in [-0.2, -0.15) is 0 Å². The molecule has 1 rings (SSSR count). The number of carboxylic acid groups (broad SMARTS) is 1. The number of methoxy groups -OCH3 is 1. The van der Waals surface area contributed by atoms with Gasteiger partial charge in [0.1, 0.15) is 11.8 Å². The van der Waals surface area contributed by atoms with Gasteiger partial charge in [-0.3, -0.25) is 4.79 Å². The molecule has 0 radical (unpaired) electrons. The third-order valence-corrected chi connectivity index (χ3v) is 2.85. The van der Waals surface area contributed by atoms with Crippen molar-refractivity contribution in [1.82, 2.24) is 5.32 Å². The molecule has 1 atom stereocenters. The Balaban J connectivity index is 2.47. The van der Waals surface area contributed by atoms with Crippen LogP contribution in [0.25, 0.3) is 0 Å². The van der Waals surface area contributed by atoms with Crippen molar-refractivity contribution in [2.45, 2.75) is 12.6 Å². The summed E-state index contributed by atoms with van der Waals surface area (Å²) in [5, 5.41) is 11.6. The summed E-state index contributed by atoms with van der Waals surface area (Å²) >= 11 is 3.38. The number of hydrogen-bond acceptors (Lipinski definition) is 4. The van der Waals surface area contributed by atoms with Crippen molar-refractivity contribution in [1.29, 1.82) is 0 Å². The van der Waals surface area contributed by atoms with Crippen LogP contribution in [0.2, 0.25) is 0 Å². The minimum absolute atomic E-state index is 0.235. The zero-order valence-electron chi connectivity index (χ0n) is 9.44. The molecule has 6 heteroatoms. The van der Waals surface area contributed by atoms with E-state index in [1.54, 1.807) is 7.11 Å². The molecule has 1 aromatic carbocycles. The van der Waals surface area contributed by atoms with Gasteiger partial charge in [-0.15, -0.1) is 0 Å². The minimum atomic E-state index is -1.01. The van der Waals surface area contributed by atoms with E-state index in [-0.39, 0.29) is 6.54 Å². The molecule has 94 valence electrons. The van der Waals surface area contributed by atoms with Crippen molar-refractivity contribution in [2.24, 2.45) is 5.73 Å². The zero-order chi connectivity index (χ0) is 12.8. The molecule has 0 heterocycles. The Hall–Kier alpha value is -1.11. The van der Waals surface area contributed by atoms with Crippen LogP contribution in [0.3, 0.4) is 0 Å². The molecule has 0 bridgehead atoms. The van der Waals surface area contributed by atoms with Crippen LogP contribution in [-0.4, -0.2) is 30.8 Å². The van der Waals surface area contributed by atoms with E-state index >= 15 is 0 Å². The predicted octanol–water partition coefficient (Wildman–Crippen LogP) is 0.959. The van der Waals surface area contributed by atoms with Crippen molar-refractivity contribution < 1.29 is 14.6 Å². The van der Waals surface area contributed by atoms with Crippen molar-refractivity contribution in [3.8, 4) is 5.75 Å². The lowest BCUT2D eigenvalue weighted by Gasteiger charge is -2.09. The summed E-state index contributed by atoms with van der Waals surface area (Å²) < 4.78 is 5.97. The molecule has 0 aliphatic rings. The Bertz CT molecular complexity index is 398. The summed E-state index contributed by atoms with van der Waals surface area (Å²) in [6.45, 7) is 0.794. The lowest BCUT2D eigenvalue weighted by atomic mass is 10.2. The Kier molecular flexibility index (Phi) is 5.40. The largest absolute Gasteiger partial charge is 0.496 e. The van der Waals surface area contributed by atoms with Gasteiger partial charge in [-0.05, 0) is 33.6 Å². The first kappa shape index (κ1) is 14.0. The van der Waals surface area contributed by atoms with Gasteiger partial charge in [-0.1, -0.05) is 6.07 Å². The van der Waals surface area contributed by atoms with E-state index in [1.165, 1.54) is 0 Å². The normalized spacial score (nSPS) is 12.2. The van der Waals surface area contributed by atoms with E-state index < -0.39 is 12.0 Å². The molecule has 0 aliphatic heterocycles. The second kappa shape index (κ2) is 6.58. The average Bonchev–Trinajstić information content (AvgIpc) is 2.29. The standard InChI is InChI=1S/C11H15BrN2O3/c1-17-10-3-2-7(4-8(10)12)5-14-6-9(13)11(15)16/h2-4,9,14H,5-6,13H2,1H3,(H,15,16). The molecule has 1 aromatic rings. The van der Waals surface area contributed by atoms with Gasteiger partial charge in [-0.25, -0.2) is 0 Å². The number of nitrogens with two attached hydrogens (primary N) is 1. The van der Waals surface area contributed by atoms with Crippen LogP contribution in [0.1, 0.15) is 5.56 Å². The second-order valence-electron chi connectivity index (χ2n) is 3.54. The maximum atomic E-state index is 10.5. The molecule has 0 aliphatic carbocycles. The van der Waals surface area contributed by atoms with Crippen LogP contribution in [0.5, 0.6) is 5.75 Å². The van der Waals surface area contributed by atoms with E-state index in [0.717, 1.165) is 15.8 Å². The highest BCUT2D eigenvalue weighted by molar-refractivity contribution is 9.10. The number of benzene rings is 1. The van der Waals surface area contributed by atoms with E-state index in [0.29, 0.717) is 6.54 Å².